The van der Waals surface area contributed by atoms with E-state index in [1.165, 1.54) is 0 Å². The highest BCUT2D eigenvalue weighted by atomic mass is 16.4. The summed E-state index contributed by atoms with van der Waals surface area (Å²) in [5.74, 6) is -1.65. The summed E-state index contributed by atoms with van der Waals surface area (Å²) >= 11 is 0. The number of carbonyl (C=O) groups is 2. The Kier molecular flexibility index (Phi) is 4.97. The van der Waals surface area contributed by atoms with Crippen molar-refractivity contribution in [1.82, 2.24) is 15.5 Å². The van der Waals surface area contributed by atoms with E-state index in [0.29, 0.717) is 23.4 Å². The minimum atomic E-state index is -1.04. The fraction of sp³-hybridized carbons (Fsp3) is 0.538. The Morgan fingerprint density at radius 3 is 2.47 bits per heavy atom. The van der Waals surface area contributed by atoms with Crippen molar-refractivity contribution in [3.63, 3.8) is 0 Å². The van der Waals surface area contributed by atoms with Crippen LogP contribution in [0.4, 0.5) is 0 Å². The van der Waals surface area contributed by atoms with Crippen LogP contribution in [0.2, 0.25) is 0 Å². The first-order valence-electron chi connectivity index (χ1n) is 6.23. The van der Waals surface area contributed by atoms with Crippen molar-refractivity contribution < 1.29 is 14.7 Å². The monoisotopic (exact) mass is 265 g/mol. The molecular formula is C13H19N3O3. The smallest absolute Gasteiger partial charge is 0.326 e. The van der Waals surface area contributed by atoms with Crippen LogP contribution in [-0.2, 0) is 11.2 Å². The second kappa shape index (κ2) is 6.26. The van der Waals surface area contributed by atoms with E-state index in [0.717, 1.165) is 0 Å². The second-order valence-corrected chi connectivity index (χ2v) is 4.73. The summed E-state index contributed by atoms with van der Waals surface area (Å²) in [4.78, 5) is 23.2. The van der Waals surface area contributed by atoms with E-state index in [2.05, 4.69) is 15.5 Å². The number of nitrogens with one attached hydrogen (secondary N) is 1. The van der Waals surface area contributed by atoms with E-state index in [-0.39, 0.29) is 5.92 Å². The van der Waals surface area contributed by atoms with Gasteiger partial charge in [-0.3, -0.25) is 4.79 Å². The predicted molar refractivity (Wildman–Crippen MR) is 69.9 cm³/mol. The Bertz CT molecular complexity index is 486. The van der Waals surface area contributed by atoms with E-state index >= 15 is 0 Å². The number of amides is 1. The summed E-state index contributed by atoms with van der Waals surface area (Å²) in [5.41, 5.74) is 1.58. The van der Waals surface area contributed by atoms with Crippen molar-refractivity contribution in [2.75, 3.05) is 0 Å². The van der Waals surface area contributed by atoms with Gasteiger partial charge in [-0.2, -0.15) is 10.2 Å². The summed E-state index contributed by atoms with van der Waals surface area (Å²) in [6, 6.07) is 0.714. The van der Waals surface area contributed by atoms with Crippen LogP contribution < -0.4 is 5.32 Å². The molecule has 0 spiro atoms. The van der Waals surface area contributed by atoms with Gasteiger partial charge in [-0.15, -0.1) is 0 Å². The molecule has 1 rings (SSSR count). The Balaban J connectivity index is 3.00. The maximum atomic E-state index is 12.2. The Morgan fingerprint density at radius 2 is 2.00 bits per heavy atom. The van der Waals surface area contributed by atoms with Gasteiger partial charge < -0.3 is 10.4 Å². The molecule has 0 saturated heterocycles. The average molecular weight is 265 g/mol. The summed E-state index contributed by atoms with van der Waals surface area (Å²) in [7, 11) is 0. The quantitative estimate of drug-likeness (QED) is 0.834. The zero-order chi connectivity index (χ0) is 14.6. The number of nitrogens with zero attached hydrogens (tertiary/aromatic N) is 2. The highest BCUT2D eigenvalue weighted by Crippen LogP contribution is 2.09. The first-order valence-corrected chi connectivity index (χ1v) is 6.23. The van der Waals surface area contributed by atoms with E-state index < -0.39 is 17.9 Å². The lowest BCUT2D eigenvalue weighted by Gasteiger charge is -2.18. The van der Waals surface area contributed by atoms with Crippen LogP contribution in [0, 0.1) is 12.8 Å². The third kappa shape index (κ3) is 3.74. The van der Waals surface area contributed by atoms with Gasteiger partial charge in [0.1, 0.15) is 6.04 Å². The number of rotatable bonds is 5. The zero-order valence-electron chi connectivity index (χ0n) is 11.6. The first kappa shape index (κ1) is 15.1. The fourth-order valence-corrected chi connectivity index (χ4v) is 1.70. The molecule has 1 atom stereocenters. The topological polar surface area (TPSA) is 92.2 Å². The standard InChI is InChI=1S/C13H19N3O3/c1-5-10-9(6-8(4)15-16-10)12(17)14-11(7(2)3)13(18)19/h6-7,11H,5H2,1-4H3,(H,14,17)(H,18,19)/t11-/m0/s1. The van der Waals surface area contributed by atoms with Crippen LogP contribution in [0.3, 0.4) is 0 Å². The minimum Gasteiger partial charge on any atom is -0.480 e. The van der Waals surface area contributed by atoms with Gasteiger partial charge in [0.25, 0.3) is 5.91 Å². The molecule has 0 fully saturated rings. The lowest BCUT2D eigenvalue weighted by molar-refractivity contribution is -0.140. The average Bonchev–Trinajstić information content (AvgIpc) is 2.34. The van der Waals surface area contributed by atoms with Gasteiger partial charge >= 0.3 is 5.97 Å². The third-order valence-corrected chi connectivity index (χ3v) is 2.79. The third-order valence-electron chi connectivity index (χ3n) is 2.79. The van der Waals surface area contributed by atoms with Crippen molar-refractivity contribution in [1.29, 1.82) is 0 Å². The van der Waals surface area contributed by atoms with Crippen LogP contribution in [0.5, 0.6) is 0 Å². The van der Waals surface area contributed by atoms with E-state index in [9.17, 15) is 9.59 Å². The SMILES string of the molecule is CCc1nnc(C)cc1C(=O)N[C@H](C(=O)O)C(C)C. The van der Waals surface area contributed by atoms with Crippen LogP contribution in [0.1, 0.15) is 42.5 Å². The van der Waals surface area contributed by atoms with Crippen LogP contribution in [0.25, 0.3) is 0 Å². The normalized spacial score (nSPS) is 12.3. The Hall–Kier alpha value is -1.98. The van der Waals surface area contributed by atoms with Gasteiger partial charge in [0.15, 0.2) is 0 Å². The van der Waals surface area contributed by atoms with Gasteiger partial charge in [-0.25, -0.2) is 4.79 Å². The number of aliphatic carboxylic acids is 1. The Morgan fingerprint density at radius 1 is 1.37 bits per heavy atom. The highest BCUT2D eigenvalue weighted by Gasteiger charge is 2.25. The summed E-state index contributed by atoms with van der Waals surface area (Å²) in [6.07, 6.45) is 0.565. The molecule has 2 N–H and O–H groups in total. The van der Waals surface area contributed by atoms with Crippen LogP contribution in [-0.4, -0.2) is 33.2 Å². The molecule has 0 aromatic carbocycles. The maximum Gasteiger partial charge on any atom is 0.326 e. The number of aromatic nitrogens is 2. The number of aryl methyl sites for hydroxylation is 2. The molecule has 0 aliphatic rings. The molecule has 0 bridgehead atoms. The largest absolute Gasteiger partial charge is 0.480 e. The molecule has 19 heavy (non-hydrogen) atoms. The first-order chi connectivity index (χ1) is 8.86. The molecule has 0 aliphatic heterocycles. The molecule has 1 aromatic rings. The van der Waals surface area contributed by atoms with Gasteiger partial charge in [-0.05, 0) is 25.3 Å². The van der Waals surface area contributed by atoms with Crippen molar-refractivity contribution in [3.8, 4) is 0 Å². The van der Waals surface area contributed by atoms with Gasteiger partial charge in [-0.1, -0.05) is 20.8 Å². The van der Waals surface area contributed by atoms with Crippen LogP contribution >= 0.6 is 0 Å². The van der Waals surface area contributed by atoms with E-state index in [1.54, 1.807) is 26.8 Å². The van der Waals surface area contributed by atoms with Crippen molar-refractivity contribution >= 4 is 11.9 Å². The summed E-state index contributed by atoms with van der Waals surface area (Å²) in [5, 5.41) is 19.5. The van der Waals surface area contributed by atoms with Gasteiger partial charge in [0.05, 0.1) is 17.0 Å². The lowest BCUT2D eigenvalue weighted by atomic mass is 10.0. The molecule has 6 nitrogen and oxygen atoms in total. The van der Waals surface area contributed by atoms with Crippen LogP contribution in [0.15, 0.2) is 6.07 Å². The molecule has 104 valence electrons. The number of hydrogen-bond donors (Lipinski definition) is 2. The molecule has 0 unspecified atom stereocenters. The molecule has 1 aromatic heterocycles. The van der Waals surface area contributed by atoms with Gasteiger partial charge in [0, 0.05) is 0 Å². The molecule has 6 heteroatoms. The predicted octanol–water partition coefficient (Wildman–Crippen LogP) is 1.19. The molecule has 1 heterocycles. The second-order valence-electron chi connectivity index (χ2n) is 4.73. The number of carboxylic acids is 1. The molecular weight excluding hydrogens is 246 g/mol. The lowest BCUT2D eigenvalue weighted by Crippen LogP contribution is -2.44. The van der Waals surface area contributed by atoms with Gasteiger partial charge in [0.2, 0.25) is 0 Å². The van der Waals surface area contributed by atoms with E-state index in [4.69, 9.17) is 5.11 Å². The minimum absolute atomic E-state index is 0.192. The number of hydrogen-bond acceptors (Lipinski definition) is 4. The fourth-order valence-electron chi connectivity index (χ4n) is 1.70. The molecule has 0 aliphatic carbocycles. The molecule has 1 amide bonds. The van der Waals surface area contributed by atoms with E-state index in [1.807, 2.05) is 6.92 Å². The van der Waals surface area contributed by atoms with Crippen molar-refractivity contribution in [3.05, 3.63) is 23.0 Å². The maximum absolute atomic E-state index is 12.2. The Labute approximate surface area is 112 Å². The highest BCUT2D eigenvalue weighted by molar-refractivity contribution is 5.97. The van der Waals surface area contributed by atoms with Crippen molar-refractivity contribution in [2.24, 2.45) is 5.92 Å². The molecule has 0 radical (unpaired) electrons. The van der Waals surface area contributed by atoms with Crippen molar-refractivity contribution in [2.45, 2.75) is 40.2 Å². The molecule has 0 saturated carbocycles. The zero-order valence-corrected chi connectivity index (χ0v) is 11.6. The summed E-state index contributed by atoms with van der Waals surface area (Å²) in [6.45, 7) is 7.10. The summed E-state index contributed by atoms with van der Waals surface area (Å²) < 4.78 is 0. The number of carbonyl (C=O) groups excluding carboxylic acids is 1. The number of carboxylic acid groups (broad SMARTS) is 1.